The molecule has 1 aromatic carbocycles. The van der Waals surface area contributed by atoms with Gasteiger partial charge in [0.15, 0.2) is 0 Å². The van der Waals surface area contributed by atoms with Crippen LogP contribution in [0.3, 0.4) is 0 Å². The Kier molecular flexibility index (Phi) is 5.16. The van der Waals surface area contributed by atoms with E-state index in [0.717, 1.165) is 22.8 Å². The Morgan fingerprint density at radius 3 is 2.42 bits per heavy atom. The lowest BCUT2D eigenvalue weighted by Gasteiger charge is -2.19. The number of aromatic nitrogens is 3. The van der Waals surface area contributed by atoms with Gasteiger partial charge in [-0.1, -0.05) is 39.0 Å². The van der Waals surface area contributed by atoms with E-state index in [-0.39, 0.29) is 5.41 Å². The van der Waals surface area contributed by atoms with E-state index in [1.165, 1.54) is 5.56 Å². The molecule has 0 spiro atoms. The molecule has 0 fully saturated rings. The maximum absolute atomic E-state index is 4.56. The molecule has 0 radical (unpaired) electrons. The summed E-state index contributed by atoms with van der Waals surface area (Å²) < 4.78 is 0. The van der Waals surface area contributed by atoms with Gasteiger partial charge in [-0.2, -0.15) is 4.98 Å². The van der Waals surface area contributed by atoms with Crippen molar-refractivity contribution in [3.05, 3.63) is 71.7 Å². The molecular weight excluding hydrogens is 322 g/mol. The summed E-state index contributed by atoms with van der Waals surface area (Å²) in [5, 5.41) is 6.61. The molecule has 2 aromatic heterocycles. The van der Waals surface area contributed by atoms with E-state index in [4.69, 9.17) is 0 Å². The number of hydrogen-bond acceptors (Lipinski definition) is 5. The molecule has 2 N–H and O–H groups in total. The molecule has 0 bridgehead atoms. The maximum atomic E-state index is 4.56. The highest BCUT2D eigenvalue weighted by atomic mass is 15.1. The number of benzene rings is 1. The second kappa shape index (κ2) is 7.52. The molecule has 5 heteroatoms. The molecule has 134 valence electrons. The van der Waals surface area contributed by atoms with Crippen molar-refractivity contribution in [2.45, 2.75) is 39.7 Å². The van der Waals surface area contributed by atoms with Crippen LogP contribution in [-0.4, -0.2) is 15.0 Å². The van der Waals surface area contributed by atoms with Gasteiger partial charge in [0, 0.05) is 36.4 Å². The van der Waals surface area contributed by atoms with Crippen LogP contribution in [0.2, 0.25) is 0 Å². The molecule has 0 atom stereocenters. The van der Waals surface area contributed by atoms with Crippen molar-refractivity contribution in [1.82, 2.24) is 15.0 Å². The largest absolute Gasteiger partial charge is 0.366 e. The van der Waals surface area contributed by atoms with Crippen LogP contribution in [0.5, 0.6) is 0 Å². The van der Waals surface area contributed by atoms with Gasteiger partial charge in [0.25, 0.3) is 0 Å². The molecule has 0 aliphatic rings. The first-order valence-corrected chi connectivity index (χ1v) is 8.76. The SMILES string of the molecule is Cc1cc(NCc2cccnc2)nc(Nc2ccc(C(C)(C)C)cc2)n1. The summed E-state index contributed by atoms with van der Waals surface area (Å²) in [5.74, 6) is 1.37. The molecule has 0 aliphatic heterocycles. The smallest absolute Gasteiger partial charge is 0.229 e. The van der Waals surface area contributed by atoms with Gasteiger partial charge in [0.1, 0.15) is 5.82 Å². The third kappa shape index (κ3) is 4.79. The second-order valence-electron chi connectivity index (χ2n) is 7.39. The quantitative estimate of drug-likeness (QED) is 0.692. The lowest BCUT2D eigenvalue weighted by molar-refractivity contribution is 0.590. The van der Waals surface area contributed by atoms with Crippen molar-refractivity contribution >= 4 is 17.5 Å². The van der Waals surface area contributed by atoms with Crippen LogP contribution in [-0.2, 0) is 12.0 Å². The summed E-state index contributed by atoms with van der Waals surface area (Å²) in [4.78, 5) is 13.2. The van der Waals surface area contributed by atoms with Gasteiger partial charge in [0.05, 0.1) is 0 Å². The van der Waals surface area contributed by atoms with Crippen molar-refractivity contribution in [2.24, 2.45) is 0 Å². The third-order valence-corrected chi connectivity index (χ3v) is 4.06. The lowest BCUT2D eigenvalue weighted by Crippen LogP contribution is -2.10. The first-order valence-electron chi connectivity index (χ1n) is 8.76. The Morgan fingerprint density at radius 2 is 1.77 bits per heavy atom. The first-order chi connectivity index (χ1) is 12.4. The van der Waals surface area contributed by atoms with E-state index in [1.54, 1.807) is 6.20 Å². The van der Waals surface area contributed by atoms with Gasteiger partial charge in [-0.3, -0.25) is 4.98 Å². The summed E-state index contributed by atoms with van der Waals surface area (Å²) in [7, 11) is 0. The van der Waals surface area contributed by atoms with Gasteiger partial charge in [0.2, 0.25) is 5.95 Å². The molecule has 3 rings (SSSR count). The minimum Gasteiger partial charge on any atom is -0.366 e. The Morgan fingerprint density at radius 1 is 1.00 bits per heavy atom. The Hall–Kier alpha value is -2.95. The van der Waals surface area contributed by atoms with Crippen LogP contribution in [0.25, 0.3) is 0 Å². The van der Waals surface area contributed by atoms with Crippen LogP contribution in [0.1, 0.15) is 37.6 Å². The fourth-order valence-electron chi connectivity index (χ4n) is 2.59. The molecule has 26 heavy (non-hydrogen) atoms. The van der Waals surface area contributed by atoms with Gasteiger partial charge >= 0.3 is 0 Å². The predicted octanol–water partition coefficient (Wildman–Crippen LogP) is 4.83. The van der Waals surface area contributed by atoms with Gasteiger partial charge in [-0.25, -0.2) is 4.98 Å². The van der Waals surface area contributed by atoms with Crippen molar-refractivity contribution in [1.29, 1.82) is 0 Å². The zero-order valence-corrected chi connectivity index (χ0v) is 15.7. The van der Waals surface area contributed by atoms with Gasteiger partial charge in [-0.15, -0.1) is 0 Å². The van der Waals surface area contributed by atoms with E-state index in [2.05, 4.69) is 70.6 Å². The fraction of sp³-hybridized carbons (Fsp3) is 0.286. The zero-order chi connectivity index (χ0) is 18.6. The summed E-state index contributed by atoms with van der Waals surface area (Å²) in [6, 6.07) is 14.3. The van der Waals surface area contributed by atoms with Crippen molar-refractivity contribution < 1.29 is 0 Å². The summed E-state index contributed by atoms with van der Waals surface area (Å²) >= 11 is 0. The van der Waals surface area contributed by atoms with Crippen LogP contribution in [0.15, 0.2) is 54.9 Å². The average molecular weight is 347 g/mol. The van der Waals surface area contributed by atoms with Crippen LogP contribution >= 0.6 is 0 Å². The monoisotopic (exact) mass is 347 g/mol. The van der Waals surface area contributed by atoms with Crippen molar-refractivity contribution in [2.75, 3.05) is 10.6 Å². The zero-order valence-electron chi connectivity index (χ0n) is 15.7. The molecule has 0 aliphatic carbocycles. The third-order valence-electron chi connectivity index (χ3n) is 4.06. The molecule has 2 heterocycles. The van der Waals surface area contributed by atoms with Crippen molar-refractivity contribution in [3.8, 4) is 0 Å². The highest BCUT2D eigenvalue weighted by Crippen LogP contribution is 2.24. The minimum absolute atomic E-state index is 0.141. The predicted molar refractivity (Wildman–Crippen MR) is 107 cm³/mol. The van der Waals surface area contributed by atoms with E-state index in [1.807, 2.05) is 31.3 Å². The number of nitrogens with zero attached hydrogens (tertiary/aromatic N) is 3. The highest BCUT2D eigenvalue weighted by molar-refractivity contribution is 5.56. The molecule has 3 aromatic rings. The number of nitrogens with one attached hydrogen (secondary N) is 2. The topological polar surface area (TPSA) is 62.7 Å². The van der Waals surface area contributed by atoms with E-state index in [0.29, 0.717) is 12.5 Å². The first kappa shape index (κ1) is 17.9. The van der Waals surface area contributed by atoms with E-state index < -0.39 is 0 Å². The van der Waals surface area contributed by atoms with E-state index >= 15 is 0 Å². The standard InChI is InChI=1S/C21H25N5/c1-15-12-19(23-14-16-6-5-11-22-13-16)26-20(24-15)25-18-9-7-17(8-10-18)21(2,3)4/h5-13H,14H2,1-4H3,(H2,23,24,25,26). The Labute approximate surface area is 154 Å². The second-order valence-corrected chi connectivity index (χ2v) is 7.39. The summed E-state index contributed by atoms with van der Waals surface area (Å²) in [5.41, 5.74) is 4.43. The maximum Gasteiger partial charge on any atom is 0.229 e. The van der Waals surface area contributed by atoms with Crippen LogP contribution < -0.4 is 10.6 Å². The fourth-order valence-corrected chi connectivity index (χ4v) is 2.59. The van der Waals surface area contributed by atoms with E-state index in [9.17, 15) is 0 Å². The van der Waals surface area contributed by atoms with Crippen molar-refractivity contribution in [3.63, 3.8) is 0 Å². The average Bonchev–Trinajstić information content (AvgIpc) is 2.60. The van der Waals surface area contributed by atoms with Crippen LogP contribution in [0, 0.1) is 6.92 Å². The minimum atomic E-state index is 0.141. The number of anilines is 3. The number of hydrogen-bond donors (Lipinski definition) is 2. The van der Waals surface area contributed by atoms with Gasteiger partial charge < -0.3 is 10.6 Å². The molecule has 0 saturated carbocycles. The molecular formula is C21H25N5. The van der Waals surface area contributed by atoms with Gasteiger partial charge in [-0.05, 0) is 41.7 Å². The summed E-state index contributed by atoms with van der Waals surface area (Å²) in [6.07, 6.45) is 3.61. The normalized spacial score (nSPS) is 11.2. The molecule has 0 saturated heterocycles. The Balaban J connectivity index is 1.71. The number of aryl methyl sites for hydroxylation is 1. The number of pyridine rings is 1. The molecule has 0 amide bonds. The molecule has 5 nitrogen and oxygen atoms in total. The highest BCUT2D eigenvalue weighted by Gasteiger charge is 2.13. The number of rotatable bonds is 5. The van der Waals surface area contributed by atoms with Crippen LogP contribution in [0.4, 0.5) is 17.5 Å². The lowest BCUT2D eigenvalue weighted by atomic mass is 9.87. The Bertz CT molecular complexity index is 852. The molecule has 0 unspecified atom stereocenters. The summed E-state index contributed by atoms with van der Waals surface area (Å²) in [6.45, 7) is 9.26.